The first kappa shape index (κ1) is 26.2. The number of fused-ring (bicyclic) bond motifs is 1. The van der Waals surface area contributed by atoms with Crippen LogP contribution in [0.15, 0.2) is 97.1 Å². The van der Waals surface area contributed by atoms with Crippen LogP contribution in [-0.2, 0) is 12.8 Å². The van der Waals surface area contributed by atoms with Gasteiger partial charge in [0, 0.05) is 21.3 Å². The lowest BCUT2D eigenvalue weighted by molar-refractivity contribution is 0.0697. The van der Waals surface area contributed by atoms with Gasteiger partial charge in [0.05, 0.1) is 16.3 Å². The van der Waals surface area contributed by atoms with Gasteiger partial charge in [0.2, 0.25) is 0 Å². The average Bonchev–Trinajstić information content (AvgIpc) is 3.29. The number of thiophene rings is 1. The Morgan fingerprint density at radius 2 is 1.41 bits per heavy atom. The van der Waals surface area contributed by atoms with Gasteiger partial charge in [-0.3, -0.25) is 9.59 Å². The summed E-state index contributed by atoms with van der Waals surface area (Å²) in [7, 11) is 0. The third kappa shape index (κ3) is 6.00. The molecule has 0 atom stereocenters. The van der Waals surface area contributed by atoms with Crippen LogP contribution in [0.5, 0.6) is 0 Å². The van der Waals surface area contributed by atoms with Gasteiger partial charge in [-0.25, -0.2) is 4.79 Å². The van der Waals surface area contributed by atoms with E-state index in [0.717, 1.165) is 28.5 Å². The molecule has 39 heavy (non-hydrogen) atoms. The van der Waals surface area contributed by atoms with Gasteiger partial charge in [-0.1, -0.05) is 72.3 Å². The first-order valence-corrected chi connectivity index (χ1v) is 13.4. The fourth-order valence-corrected chi connectivity index (χ4v) is 5.62. The smallest absolute Gasteiger partial charge is 0.337 e. The number of carboxylic acid groups (broad SMARTS) is 1. The van der Waals surface area contributed by atoms with Gasteiger partial charge in [0.25, 0.3) is 11.8 Å². The fraction of sp³-hybridized carbons (Fsp3) is 0.0645. The minimum absolute atomic E-state index is 0.00457. The summed E-state index contributed by atoms with van der Waals surface area (Å²) in [5.41, 5.74) is 3.08. The van der Waals surface area contributed by atoms with E-state index in [2.05, 4.69) is 22.8 Å². The highest BCUT2D eigenvalue weighted by atomic mass is 35.5. The predicted molar refractivity (Wildman–Crippen MR) is 156 cm³/mol. The van der Waals surface area contributed by atoms with Crippen LogP contribution in [-0.4, -0.2) is 22.9 Å². The second-order valence-electron chi connectivity index (χ2n) is 8.90. The largest absolute Gasteiger partial charge is 0.478 e. The Balaban J connectivity index is 1.30. The van der Waals surface area contributed by atoms with Gasteiger partial charge >= 0.3 is 5.97 Å². The van der Waals surface area contributed by atoms with Crippen molar-refractivity contribution in [1.82, 2.24) is 0 Å². The zero-order valence-electron chi connectivity index (χ0n) is 20.6. The Kier molecular flexibility index (Phi) is 7.72. The van der Waals surface area contributed by atoms with Crippen molar-refractivity contribution in [3.8, 4) is 0 Å². The Labute approximate surface area is 233 Å². The van der Waals surface area contributed by atoms with Gasteiger partial charge in [0.15, 0.2) is 0 Å². The monoisotopic (exact) mass is 554 g/mol. The molecule has 6 nitrogen and oxygen atoms in total. The number of carboxylic acids is 1. The summed E-state index contributed by atoms with van der Waals surface area (Å²) in [6.45, 7) is 0. The van der Waals surface area contributed by atoms with E-state index in [9.17, 15) is 19.5 Å². The molecule has 5 rings (SSSR count). The van der Waals surface area contributed by atoms with E-state index in [1.807, 2.05) is 66.7 Å². The molecule has 0 radical (unpaired) electrons. The van der Waals surface area contributed by atoms with Crippen molar-refractivity contribution < 1.29 is 19.5 Å². The van der Waals surface area contributed by atoms with Crippen molar-refractivity contribution in [3.63, 3.8) is 0 Å². The average molecular weight is 555 g/mol. The van der Waals surface area contributed by atoms with Crippen molar-refractivity contribution in [3.05, 3.63) is 129 Å². The molecule has 0 fully saturated rings. The van der Waals surface area contributed by atoms with E-state index in [0.29, 0.717) is 10.7 Å². The molecule has 8 heteroatoms. The van der Waals surface area contributed by atoms with Crippen LogP contribution < -0.4 is 10.6 Å². The Hall–Kier alpha value is -4.46. The van der Waals surface area contributed by atoms with E-state index in [-0.39, 0.29) is 21.7 Å². The van der Waals surface area contributed by atoms with E-state index in [4.69, 9.17) is 11.6 Å². The molecular weight excluding hydrogens is 532 g/mol. The number of aromatic carboxylic acids is 1. The molecular formula is C31H23ClN2O4S. The number of amides is 2. The van der Waals surface area contributed by atoms with Crippen molar-refractivity contribution in [2.75, 3.05) is 10.6 Å². The number of anilines is 2. The van der Waals surface area contributed by atoms with Crippen molar-refractivity contribution in [1.29, 1.82) is 0 Å². The molecule has 0 aliphatic heterocycles. The molecule has 1 aromatic heterocycles. The maximum atomic E-state index is 13.0. The first-order chi connectivity index (χ1) is 18.9. The topological polar surface area (TPSA) is 95.5 Å². The number of carbonyl (C=O) groups excluding carboxylic acids is 2. The molecule has 0 bridgehead atoms. The molecule has 194 valence electrons. The van der Waals surface area contributed by atoms with Crippen LogP contribution in [0.1, 0.15) is 41.5 Å². The van der Waals surface area contributed by atoms with Gasteiger partial charge in [-0.05, 0) is 60.4 Å². The van der Waals surface area contributed by atoms with Crippen LogP contribution in [0.4, 0.5) is 11.4 Å². The Morgan fingerprint density at radius 3 is 2.10 bits per heavy atom. The lowest BCUT2D eigenvalue weighted by Crippen LogP contribution is -2.17. The molecule has 0 spiro atoms. The van der Waals surface area contributed by atoms with Crippen LogP contribution >= 0.6 is 22.9 Å². The van der Waals surface area contributed by atoms with Crippen LogP contribution in [0.25, 0.3) is 10.1 Å². The minimum Gasteiger partial charge on any atom is -0.478 e. The molecule has 3 N–H and O–H groups in total. The molecule has 0 aliphatic carbocycles. The van der Waals surface area contributed by atoms with E-state index in [1.165, 1.54) is 35.1 Å². The summed E-state index contributed by atoms with van der Waals surface area (Å²) in [6, 6.07) is 29.2. The maximum Gasteiger partial charge on any atom is 0.337 e. The SMILES string of the molecule is O=C(Nc1ccc(CCc2ccccc2)cc1)c1ccc(C(=O)O)c(NC(=O)c2sc3ccccc3c2Cl)c1. The van der Waals surface area contributed by atoms with Gasteiger partial charge in [-0.2, -0.15) is 0 Å². The van der Waals surface area contributed by atoms with Crippen LogP contribution in [0.3, 0.4) is 0 Å². The Morgan fingerprint density at radius 1 is 0.744 bits per heavy atom. The summed E-state index contributed by atoms with van der Waals surface area (Å²) in [4.78, 5) is 38.1. The summed E-state index contributed by atoms with van der Waals surface area (Å²) in [5.74, 6) is -2.21. The Bertz CT molecular complexity index is 1680. The van der Waals surface area contributed by atoms with Crippen molar-refractivity contribution in [2.45, 2.75) is 12.8 Å². The molecule has 0 saturated heterocycles. The summed E-state index contributed by atoms with van der Waals surface area (Å²) in [5, 5.41) is 16.1. The van der Waals surface area contributed by atoms with Gasteiger partial charge in [-0.15, -0.1) is 11.3 Å². The zero-order chi connectivity index (χ0) is 27.4. The highest BCUT2D eigenvalue weighted by molar-refractivity contribution is 7.21. The molecule has 2 amide bonds. The number of benzene rings is 4. The lowest BCUT2D eigenvalue weighted by Gasteiger charge is -2.11. The highest BCUT2D eigenvalue weighted by Crippen LogP contribution is 2.35. The fourth-order valence-electron chi connectivity index (χ4n) is 4.21. The summed E-state index contributed by atoms with van der Waals surface area (Å²) < 4.78 is 0.838. The molecule has 0 saturated carbocycles. The normalized spacial score (nSPS) is 10.8. The van der Waals surface area contributed by atoms with Crippen molar-refractivity contribution in [2.24, 2.45) is 0 Å². The maximum absolute atomic E-state index is 13.0. The molecule has 1 heterocycles. The molecule has 0 aliphatic rings. The second kappa shape index (κ2) is 11.5. The van der Waals surface area contributed by atoms with Crippen molar-refractivity contribution >= 4 is 62.2 Å². The minimum atomic E-state index is -1.23. The summed E-state index contributed by atoms with van der Waals surface area (Å²) >= 11 is 7.63. The number of rotatable bonds is 8. The van der Waals surface area contributed by atoms with Gasteiger partial charge in [0.1, 0.15) is 4.88 Å². The molecule has 4 aromatic carbocycles. The number of carbonyl (C=O) groups is 3. The number of aryl methyl sites for hydroxylation is 2. The standard InChI is InChI=1S/C31H23ClN2O4S/c32-27-24-8-4-5-9-26(24)39-28(27)30(36)34-25-18-21(14-17-23(25)31(37)38)29(35)33-22-15-12-20(13-16-22)11-10-19-6-2-1-3-7-19/h1-9,12-18H,10-11H2,(H,33,35)(H,34,36)(H,37,38). The third-order valence-electron chi connectivity index (χ3n) is 6.26. The van der Waals surface area contributed by atoms with Crippen LogP contribution in [0.2, 0.25) is 5.02 Å². The zero-order valence-corrected chi connectivity index (χ0v) is 22.2. The summed E-state index contributed by atoms with van der Waals surface area (Å²) in [6.07, 6.45) is 1.80. The van der Waals surface area contributed by atoms with E-state index >= 15 is 0 Å². The number of hydrogen-bond acceptors (Lipinski definition) is 4. The van der Waals surface area contributed by atoms with Crippen LogP contribution in [0, 0.1) is 0 Å². The highest BCUT2D eigenvalue weighted by Gasteiger charge is 2.21. The number of hydrogen-bond donors (Lipinski definition) is 3. The lowest BCUT2D eigenvalue weighted by atomic mass is 10.0. The predicted octanol–water partition coefficient (Wildman–Crippen LogP) is 7.54. The first-order valence-electron chi connectivity index (χ1n) is 12.2. The molecule has 5 aromatic rings. The quantitative estimate of drug-likeness (QED) is 0.184. The number of nitrogens with one attached hydrogen (secondary N) is 2. The van der Waals surface area contributed by atoms with E-state index < -0.39 is 17.8 Å². The number of halogens is 1. The molecule has 0 unspecified atom stereocenters. The van der Waals surface area contributed by atoms with E-state index in [1.54, 1.807) is 0 Å². The second-order valence-corrected chi connectivity index (χ2v) is 10.3. The third-order valence-corrected chi connectivity index (χ3v) is 7.93. The van der Waals surface area contributed by atoms with Gasteiger partial charge < -0.3 is 15.7 Å².